The summed E-state index contributed by atoms with van der Waals surface area (Å²) in [7, 11) is 0. The molecule has 1 fully saturated rings. The molecule has 3 rings (SSSR count). The average Bonchev–Trinajstić information content (AvgIpc) is 3.04. The van der Waals surface area contributed by atoms with E-state index in [9.17, 15) is 9.18 Å². The van der Waals surface area contributed by atoms with Gasteiger partial charge >= 0.3 is 0 Å². The minimum atomic E-state index is -0.547. The molecule has 2 aromatic rings. The average molecular weight is 307 g/mol. The Morgan fingerprint density at radius 3 is 2.52 bits per heavy atom. The van der Waals surface area contributed by atoms with Gasteiger partial charge in [-0.1, -0.05) is 29.8 Å². The topological polar surface area (TPSA) is 35.5 Å². The number of hydrogen-bond donors (Lipinski definition) is 0. The molecule has 5 heteroatoms. The predicted octanol–water partition coefficient (Wildman–Crippen LogP) is 3.76. The Balaban J connectivity index is 1.90. The lowest BCUT2D eigenvalue weighted by Gasteiger charge is -2.10. The molecule has 2 aromatic carbocycles. The van der Waals surface area contributed by atoms with Gasteiger partial charge in [0.05, 0.1) is 18.2 Å². The van der Waals surface area contributed by atoms with Gasteiger partial charge in [0.15, 0.2) is 12.1 Å². The van der Waals surface area contributed by atoms with Crippen LogP contribution in [0.2, 0.25) is 5.02 Å². The first kappa shape index (κ1) is 14.2. The normalized spacial score (nSPS) is 15.3. The highest BCUT2D eigenvalue weighted by Crippen LogP contribution is 2.25. The number of hydrogen-bond acceptors (Lipinski definition) is 3. The molecule has 21 heavy (non-hydrogen) atoms. The van der Waals surface area contributed by atoms with Gasteiger partial charge < -0.3 is 9.47 Å². The van der Waals surface area contributed by atoms with Crippen molar-refractivity contribution in [2.24, 2.45) is 0 Å². The van der Waals surface area contributed by atoms with Crippen molar-refractivity contribution in [1.82, 2.24) is 0 Å². The lowest BCUT2D eigenvalue weighted by Crippen LogP contribution is -2.04. The molecule has 3 nitrogen and oxygen atoms in total. The molecule has 0 atom stereocenters. The number of carbonyl (C=O) groups is 1. The van der Waals surface area contributed by atoms with Crippen molar-refractivity contribution in [1.29, 1.82) is 0 Å². The van der Waals surface area contributed by atoms with Gasteiger partial charge in [-0.3, -0.25) is 4.79 Å². The molecule has 1 aliphatic heterocycles. The number of carbonyl (C=O) groups excluding carboxylic acids is 1. The summed E-state index contributed by atoms with van der Waals surface area (Å²) in [5.41, 5.74) is 1.60. The van der Waals surface area contributed by atoms with Crippen LogP contribution in [0.5, 0.6) is 0 Å². The molecular formula is C16H12ClFO3. The maximum absolute atomic E-state index is 13.2. The van der Waals surface area contributed by atoms with Crippen molar-refractivity contribution in [3.05, 3.63) is 70.0 Å². The second-order valence-electron chi connectivity index (χ2n) is 4.66. The van der Waals surface area contributed by atoms with E-state index in [1.54, 1.807) is 18.2 Å². The Labute approximate surface area is 126 Å². The van der Waals surface area contributed by atoms with Gasteiger partial charge in [0.2, 0.25) is 0 Å². The molecule has 0 bridgehead atoms. The van der Waals surface area contributed by atoms with E-state index < -0.39 is 12.1 Å². The lowest BCUT2D eigenvalue weighted by molar-refractivity contribution is -0.0441. The largest absolute Gasteiger partial charge is 0.346 e. The molecule has 0 N–H and O–H groups in total. The summed E-state index contributed by atoms with van der Waals surface area (Å²) in [6, 6.07) is 10.9. The van der Waals surface area contributed by atoms with Gasteiger partial charge in [0.25, 0.3) is 0 Å². The molecule has 0 aromatic heterocycles. The van der Waals surface area contributed by atoms with E-state index in [1.165, 1.54) is 18.2 Å². The van der Waals surface area contributed by atoms with Crippen LogP contribution < -0.4 is 0 Å². The lowest BCUT2D eigenvalue weighted by atomic mass is 10.0. The maximum atomic E-state index is 13.2. The van der Waals surface area contributed by atoms with E-state index in [4.69, 9.17) is 21.1 Å². The van der Waals surface area contributed by atoms with E-state index in [2.05, 4.69) is 0 Å². The van der Waals surface area contributed by atoms with E-state index in [0.717, 1.165) is 5.56 Å². The van der Waals surface area contributed by atoms with Crippen molar-refractivity contribution in [2.75, 3.05) is 13.2 Å². The molecule has 0 aliphatic carbocycles. The fourth-order valence-electron chi connectivity index (χ4n) is 2.18. The third kappa shape index (κ3) is 2.97. The van der Waals surface area contributed by atoms with Crippen LogP contribution in [0, 0.1) is 5.82 Å². The van der Waals surface area contributed by atoms with Crippen molar-refractivity contribution in [3.8, 4) is 0 Å². The van der Waals surface area contributed by atoms with Crippen LogP contribution in [0.4, 0.5) is 4.39 Å². The second kappa shape index (κ2) is 5.93. The first-order valence-corrected chi connectivity index (χ1v) is 6.86. The molecular weight excluding hydrogens is 295 g/mol. The highest BCUT2D eigenvalue weighted by atomic mass is 35.5. The van der Waals surface area contributed by atoms with Gasteiger partial charge in [0.1, 0.15) is 5.82 Å². The molecule has 0 saturated carbocycles. The van der Waals surface area contributed by atoms with Crippen molar-refractivity contribution in [3.63, 3.8) is 0 Å². The molecule has 1 saturated heterocycles. The monoisotopic (exact) mass is 306 g/mol. The highest BCUT2D eigenvalue weighted by Gasteiger charge is 2.20. The zero-order valence-corrected chi connectivity index (χ0v) is 11.8. The molecule has 1 heterocycles. The van der Waals surface area contributed by atoms with Crippen LogP contribution >= 0.6 is 11.6 Å². The highest BCUT2D eigenvalue weighted by molar-refractivity contribution is 6.31. The van der Waals surface area contributed by atoms with Gasteiger partial charge in [-0.15, -0.1) is 0 Å². The molecule has 108 valence electrons. The van der Waals surface area contributed by atoms with Crippen LogP contribution in [0.3, 0.4) is 0 Å². The van der Waals surface area contributed by atoms with Crippen molar-refractivity contribution >= 4 is 17.4 Å². The fraction of sp³-hybridized carbons (Fsp3) is 0.188. The van der Waals surface area contributed by atoms with Gasteiger partial charge in [0, 0.05) is 16.7 Å². The number of ketones is 1. The molecule has 0 unspecified atom stereocenters. The smallest absolute Gasteiger partial charge is 0.193 e. The third-order valence-corrected chi connectivity index (χ3v) is 3.51. The van der Waals surface area contributed by atoms with E-state index in [-0.39, 0.29) is 10.8 Å². The van der Waals surface area contributed by atoms with Crippen LogP contribution in [0.15, 0.2) is 42.5 Å². The quantitative estimate of drug-likeness (QED) is 0.810. The molecule has 1 aliphatic rings. The van der Waals surface area contributed by atoms with Crippen LogP contribution in [-0.2, 0) is 9.47 Å². The molecule has 0 radical (unpaired) electrons. The molecule has 0 amide bonds. The Morgan fingerprint density at radius 1 is 1.10 bits per heavy atom. The first-order chi connectivity index (χ1) is 10.1. The Bertz CT molecular complexity index is 681. The summed E-state index contributed by atoms with van der Waals surface area (Å²) in [4.78, 5) is 12.4. The second-order valence-corrected chi connectivity index (χ2v) is 5.06. The van der Waals surface area contributed by atoms with Crippen LogP contribution in [0.25, 0.3) is 0 Å². The first-order valence-electron chi connectivity index (χ1n) is 6.48. The van der Waals surface area contributed by atoms with Gasteiger partial charge in [-0.2, -0.15) is 0 Å². The van der Waals surface area contributed by atoms with Crippen LogP contribution in [0.1, 0.15) is 27.8 Å². The van der Waals surface area contributed by atoms with E-state index >= 15 is 0 Å². The summed E-state index contributed by atoms with van der Waals surface area (Å²) in [5, 5.41) is -0.0699. The number of halogens is 2. The summed E-state index contributed by atoms with van der Waals surface area (Å²) < 4.78 is 24.0. The number of benzene rings is 2. The third-order valence-electron chi connectivity index (χ3n) is 3.22. The summed E-state index contributed by atoms with van der Waals surface area (Å²) >= 11 is 5.71. The Morgan fingerprint density at radius 2 is 1.81 bits per heavy atom. The summed E-state index contributed by atoms with van der Waals surface area (Å²) in [5.74, 6) is -0.772. The van der Waals surface area contributed by atoms with Crippen molar-refractivity contribution in [2.45, 2.75) is 6.29 Å². The molecule has 0 spiro atoms. The van der Waals surface area contributed by atoms with Gasteiger partial charge in [-0.05, 0) is 24.3 Å². The minimum Gasteiger partial charge on any atom is -0.346 e. The maximum Gasteiger partial charge on any atom is 0.193 e. The van der Waals surface area contributed by atoms with Crippen LogP contribution in [-0.4, -0.2) is 19.0 Å². The van der Waals surface area contributed by atoms with Crippen molar-refractivity contribution < 1.29 is 18.7 Å². The Hall–Kier alpha value is -1.75. The zero-order valence-electron chi connectivity index (χ0n) is 11.0. The van der Waals surface area contributed by atoms with E-state index in [0.29, 0.717) is 24.3 Å². The predicted molar refractivity (Wildman–Crippen MR) is 75.9 cm³/mol. The summed E-state index contributed by atoms with van der Waals surface area (Å²) in [6.07, 6.45) is -0.436. The number of ether oxygens (including phenoxy) is 2. The fourth-order valence-corrected chi connectivity index (χ4v) is 2.36. The van der Waals surface area contributed by atoms with E-state index in [1.807, 2.05) is 6.07 Å². The SMILES string of the molecule is O=C(c1cccc(C2OCCO2)c1)c1ccc(F)c(Cl)c1. The van der Waals surface area contributed by atoms with Gasteiger partial charge in [-0.25, -0.2) is 4.39 Å². The zero-order chi connectivity index (χ0) is 14.8. The summed E-state index contributed by atoms with van der Waals surface area (Å²) in [6.45, 7) is 1.08. The standard InChI is InChI=1S/C16H12ClFO3/c17-13-9-11(4-5-14(13)18)15(19)10-2-1-3-12(8-10)16-20-6-7-21-16/h1-5,8-9,16H,6-7H2. The number of rotatable bonds is 3. The Kier molecular flexibility index (Phi) is 4.01. The minimum absolute atomic E-state index is 0.0699.